The van der Waals surface area contributed by atoms with E-state index in [4.69, 9.17) is 0 Å². The highest BCUT2D eigenvalue weighted by molar-refractivity contribution is 7.55. The lowest BCUT2D eigenvalue weighted by Gasteiger charge is -1.94. The van der Waals surface area contributed by atoms with Gasteiger partial charge >= 0.3 is 8.42 Å². The molecule has 1 heterocycles. The van der Waals surface area contributed by atoms with Crippen molar-refractivity contribution in [2.24, 2.45) is 0 Å². The van der Waals surface area contributed by atoms with Crippen molar-refractivity contribution in [3.8, 4) is 0 Å². The molecule has 0 radical (unpaired) electrons. The quantitative estimate of drug-likeness (QED) is 0.732. The molecule has 0 unspecified atom stereocenters. The van der Waals surface area contributed by atoms with Crippen LogP contribution in [-0.4, -0.2) is 15.2 Å². The monoisotopic (exact) mass is 222 g/mol. The van der Waals surface area contributed by atoms with Gasteiger partial charge in [-0.25, -0.2) is 0 Å². The average molecular weight is 222 g/mol. The number of benzene rings is 1. The predicted octanol–water partition coefficient (Wildman–Crippen LogP) is 2.45. The predicted molar refractivity (Wildman–Crippen MR) is 44.4 cm³/mol. The summed E-state index contributed by atoms with van der Waals surface area (Å²) in [6.07, 6.45) is 0. The Kier molecular flexibility index (Phi) is 2.03. The molecular weight excluding hydrogens is 218 g/mol. The van der Waals surface area contributed by atoms with Gasteiger partial charge in [0.15, 0.2) is 0 Å². The van der Waals surface area contributed by atoms with Crippen molar-refractivity contribution < 1.29 is 17.2 Å². The summed E-state index contributed by atoms with van der Waals surface area (Å²) in [5.41, 5.74) is 0.561. The summed E-state index contributed by atoms with van der Waals surface area (Å²) in [7, 11) is -5.85. The van der Waals surface area contributed by atoms with Crippen molar-refractivity contribution in [3.05, 3.63) is 24.3 Å². The fraction of sp³-hybridized carbons (Fsp3) is 0. The molecule has 0 saturated heterocycles. The molecule has 0 atom stereocenters. The summed E-state index contributed by atoms with van der Waals surface area (Å²) in [5, 5.41) is 6.74. The van der Waals surface area contributed by atoms with Gasteiger partial charge in [-0.05, 0) is 22.2 Å². The minimum Gasteiger partial charge on any atom is -0.127 e. The van der Waals surface area contributed by atoms with E-state index < -0.39 is 8.42 Å². The van der Waals surface area contributed by atoms with E-state index in [0.717, 1.165) is 0 Å². The van der Waals surface area contributed by atoms with E-state index in [-0.39, 0.29) is 5.52 Å². The van der Waals surface area contributed by atoms with Crippen LogP contribution >= 0.6 is 8.42 Å². The molecule has 1 aromatic carbocycles. The summed E-state index contributed by atoms with van der Waals surface area (Å²) in [5.74, 6) is 0. The van der Waals surface area contributed by atoms with E-state index in [1.165, 1.54) is 6.07 Å². The van der Waals surface area contributed by atoms with Gasteiger partial charge in [-0.3, -0.25) is 0 Å². The topological polar surface area (TPSA) is 39.9 Å². The number of fused-ring (bicyclic) bond motifs is 1. The molecule has 0 amide bonds. The van der Waals surface area contributed by atoms with Gasteiger partial charge in [-0.15, -0.1) is 9.72 Å². The summed E-state index contributed by atoms with van der Waals surface area (Å²) < 4.78 is 39.6. The Morgan fingerprint density at radius 3 is 2.64 bits per heavy atom. The van der Waals surface area contributed by atoms with Crippen LogP contribution in [0.5, 0.6) is 0 Å². The highest BCUT2D eigenvalue weighted by Crippen LogP contribution is 2.62. The Hall–Kier alpha value is -1.36. The molecule has 2 rings (SSSR count). The van der Waals surface area contributed by atoms with Crippen LogP contribution < -0.4 is 4.62 Å². The summed E-state index contributed by atoms with van der Waals surface area (Å²) in [6, 6.07) is 6.24. The SMILES string of the molecule is F[P+](F)(F)On1nnc2ccccc21. The summed E-state index contributed by atoms with van der Waals surface area (Å²) >= 11 is 0. The molecule has 0 bridgehead atoms. The maximum absolute atomic E-state index is 11.9. The van der Waals surface area contributed by atoms with Crippen molar-refractivity contribution in [2.45, 2.75) is 0 Å². The van der Waals surface area contributed by atoms with Crippen LogP contribution in [0.4, 0.5) is 12.6 Å². The van der Waals surface area contributed by atoms with E-state index >= 15 is 0 Å². The van der Waals surface area contributed by atoms with E-state index in [0.29, 0.717) is 10.4 Å². The molecule has 8 heteroatoms. The molecule has 2 aromatic rings. The standard InChI is InChI=1S/C6H4F3N3OP/c7-14(8,9)13-12-6-4-2-1-3-5(6)10-11-12/h1-4H/q+1. The summed E-state index contributed by atoms with van der Waals surface area (Å²) in [6.45, 7) is 0. The first kappa shape index (κ1) is 9.21. The Bertz CT molecular complexity index is 455. The second-order valence-corrected chi connectivity index (χ2v) is 3.39. The molecule has 0 aliphatic heterocycles. The molecule has 0 aliphatic carbocycles. The molecule has 0 fully saturated rings. The lowest BCUT2D eigenvalue weighted by Crippen LogP contribution is -2.08. The van der Waals surface area contributed by atoms with Crippen molar-refractivity contribution in [1.82, 2.24) is 15.2 Å². The van der Waals surface area contributed by atoms with Crippen LogP contribution in [-0.2, 0) is 0 Å². The molecule has 74 valence electrons. The van der Waals surface area contributed by atoms with Crippen LogP contribution in [0.2, 0.25) is 0 Å². The third-order valence-electron chi connectivity index (χ3n) is 1.49. The molecule has 0 spiro atoms. The lowest BCUT2D eigenvalue weighted by molar-refractivity contribution is 0.197. The van der Waals surface area contributed by atoms with Gasteiger partial charge in [0.05, 0.1) is 12.6 Å². The van der Waals surface area contributed by atoms with Gasteiger partial charge in [0.1, 0.15) is 11.0 Å². The Morgan fingerprint density at radius 2 is 1.93 bits per heavy atom. The van der Waals surface area contributed by atoms with Gasteiger partial charge in [-0.2, -0.15) is 0 Å². The van der Waals surface area contributed by atoms with Crippen molar-refractivity contribution in [1.29, 1.82) is 0 Å². The number of aromatic nitrogens is 3. The number of nitrogens with zero attached hydrogens (tertiary/aromatic N) is 3. The average Bonchev–Trinajstić information content (AvgIpc) is 2.47. The minimum absolute atomic E-state index is 0.199. The first-order chi connectivity index (χ1) is 6.56. The van der Waals surface area contributed by atoms with E-state index in [1.807, 2.05) is 0 Å². The third kappa shape index (κ3) is 1.77. The zero-order valence-corrected chi connectivity index (χ0v) is 7.53. The molecule has 4 nitrogen and oxygen atoms in total. The highest BCUT2D eigenvalue weighted by atomic mass is 31.3. The van der Waals surface area contributed by atoms with Crippen LogP contribution in [0.25, 0.3) is 11.0 Å². The Morgan fingerprint density at radius 1 is 1.21 bits per heavy atom. The van der Waals surface area contributed by atoms with Gasteiger partial charge in [-0.1, -0.05) is 12.1 Å². The Labute approximate surface area is 77.0 Å². The van der Waals surface area contributed by atoms with Crippen molar-refractivity contribution >= 4 is 19.5 Å². The molecule has 1 aromatic heterocycles. The number of rotatable bonds is 2. The van der Waals surface area contributed by atoms with E-state index in [2.05, 4.69) is 14.9 Å². The molecule has 0 aliphatic rings. The second kappa shape index (κ2) is 3.09. The van der Waals surface area contributed by atoms with E-state index in [1.54, 1.807) is 18.2 Å². The number of halogens is 3. The minimum atomic E-state index is -5.85. The fourth-order valence-electron chi connectivity index (χ4n) is 0.995. The van der Waals surface area contributed by atoms with Crippen LogP contribution in [0.1, 0.15) is 0 Å². The maximum Gasteiger partial charge on any atom is 0.780 e. The Balaban J connectivity index is 2.44. The number of hydrogen-bond acceptors (Lipinski definition) is 3. The van der Waals surface area contributed by atoms with Crippen LogP contribution in [0.3, 0.4) is 0 Å². The van der Waals surface area contributed by atoms with Gasteiger partial charge in [0.2, 0.25) is 0 Å². The lowest BCUT2D eigenvalue weighted by atomic mass is 10.3. The molecule has 0 N–H and O–H groups in total. The number of para-hydroxylation sites is 1. The normalized spacial score (nSPS) is 11.9. The van der Waals surface area contributed by atoms with Gasteiger partial charge in [0, 0.05) is 0 Å². The smallest absolute Gasteiger partial charge is 0.127 e. The highest BCUT2D eigenvalue weighted by Gasteiger charge is 2.50. The first-order valence-electron chi connectivity index (χ1n) is 3.55. The number of hydrogen-bond donors (Lipinski definition) is 0. The van der Waals surface area contributed by atoms with Gasteiger partial charge in [0.25, 0.3) is 0 Å². The largest absolute Gasteiger partial charge is 0.780 e. The summed E-state index contributed by atoms with van der Waals surface area (Å²) in [4.78, 5) is 0.392. The zero-order valence-electron chi connectivity index (χ0n) is 6.64. The first-order valence-corrected chi connectivity index (χ1v) is 4.93. The molecule has 14 heavy (non-hydrogen) atoms. The third-order valence-corrected chi connectivity index (χ3v) is 1.83. The van der Waals surface area contributed by atoms with E-state index in [9.17, 15) is 12.6 Å². The second-order valence-electron chi connectivity index (χ2n) is 2.43. The van der Waals surface area contributed by atoms with Crippen molar-refractivity contribution in [2.75, 3.05) is 0 Å². The fourth-order valence-corrected chi connectivity index (χ4v) is 1.29. The molecule has 0 saturated carbocycles. The zero-order chi connectivity index (χ0) is 10.2. The van der Waals surface area contributed by atoms with Crippen LogP contribution in [0, 0.1) is 0 Å². The van der Waals surface area contributed by atoms with Gasteiger partial charge < -0.3 is 0 Å². The molecular formula is C6H4F3N3OP+. The van der Waals surface area contributed by atoms with Crippen molar-refractivity contribution in [3.63, 3.8) is 0 Å². The maximum atomic E-state index is 11.9. The van der Waals surface area contributed by atoms with Crippen LogP contribution in [0.15, 0.2) is 24.3 Å².